The van der Waals surface area contributed by atoms with E-state index in [1.165, 1.54) is 148 Å². The second-order valence-corrected chi connectivity index (χ2v) is 26.0. The number of allylic oxidation sites excluding steroid dienone is 10. The fourth-order valence-corrected chi connectivity index (χ4v) is 12.2. The van der Waals surface area contributed by atoms with E-state index < -0.39 is 124 Å². The molecule has 0 saturated carbocycles. The molecule has 0 aromatic rings. The van der Waals surface area contributed by atoms with Crippen LogP contribution in [0.2, 0.25) is 0 Å². The van der Waals surface area contributed by atoms with Gasteiger partial charge in [-0.15, -0.1) is 0 Å². The summed E-state index contributed by atoms with van der Waals surface area (Å²) in [5, 5.41) is 121. The minimum atomic E-state index is -1.97. The first kappa shape index (κ1) is 83.7. The van der Waals surface area contributed by atoms with Crippen LogP contribution in [0.15, 0.2) is 60.8 Å². The lowest BCUT2D eigenvalue weighted by Gasteiger charge is -2.48. The van der Waals surface area contributed by atoms with Crippen LogP contribution in [-0.4, -0.2) is 193 Å². The number of aliphatic hydroxyl groups is 11. The molecule has 19 nitrogen and oxygen atoms in total. The lowest BCUT2D eigenvalue weighted by molar-refractivity contribution is -0.379. The van der Waals surface area contributed by atoms with Gasteiger partial charge in [0.1, 0.15) is 73.2 Å². The average molecular weight is 1310 g/mol. The van der Waals surface area contributed by atoms with Crippen molar-refractivity contribution in [3.8, 4) is 0 Å². The van der Waals surface area contributed by atoms with Gasteiger partial charge in [-0.25, -0.2) is 0 Å². The van der Waals surface area contributed by atoms with Crippen molar-refractivity contribution in [2.45, 2.75) is 369 Å². The van der Waals surface area contributed by atoms with Gasteiger partial charge >= 0.3 is 0 Å². The highest BCUT2D eigenvalue weighted by Gasteiger charge is 2.53. The van der Waals surface area contributed by atoms with Crippen molar-refractivity contribution in [2.75, 3.05) is 26.4 Å². The summed E-state index contributed by atoms with van der Waals surface area (Å²) in [6, 6.07) is -0.892. The molecule has 3 fully saturated rings. The summed E-state index contributed by atoms with van der Waals surface area (Å²) < 4.78 is 34.5. The largest absolute Gasteiger partial charge is 0.394 e. The van der Waals surface area contributed by atoms with E-state index in [4.69, 9.17) is 28.4 Å². The number of carbonyl (C=O) groups is 1. The quantitative estimate of drug-likeness (QED) is 0.0199. The fraction of sp³-hybridized carbons (Fsp3) is 0.849. The summed E-state index contributed by atoms with van der Waals surface area (Å²) in [6.07, 6.45) is 40.0. The maximum atomic E-state index is 13.5. The molecule has 1 amide bonds. The Hall–Kier alpha value is -2.51. The van der Waals surface area contributed by atoms with Crippen molar-refractivity contribution in [3.63, 3.8) is 0 Å². The summed E-state index contributed by atoms with van der Waals surface area (Å²) in [7, 11) is 0. The molecule has 0 radical (unpaired) electrons. The molecule has 3 saturated heterocycles. The van der Waals surface area contributed by atoms with Crippen LogP contribution in [0, 0.1) is 0 Å². The van der Waals surface area contributed by atoms with Crippen LogP contribution in [0.4, 0.5) is 0 Å². The summed E-state index contributed by atoms with van der Waals surface area (Å²) in [5.74, 6) is -0.246. The monoisotopic (exact) mass is 1310 g/mol. The summed E-state index contributed by atoms with van der Waals surface area (Å²) in [5.41, 5.74) is 0. The smallest absolute Gasteiger partial charge is 0.220 e. The lowest BCUT2D eigenvalue weighted by atomic mass is 9.96. The Morgan fingerprint density at radius 1 is 0.402 bits per heavy atom. The Morgan fingerprint density at radius 3 is 1.17 bits per heavy atom. The molecule has 0 spiro atoms. The van der Waals surface area contributed by atoms with E-state index in [9.17, 15) is 61.0 Å². The first-order valence-electron chi connectivity index (χ1n) is 36.5. The first-order chi connectivity index (χ1) is 44.8. The Kier molecular flexibility index (Phi) is 49.6. The molecular weight excluding hydrogens is 1180 g/mol. The van der Waals surface area contributed by atoms with Crippen molar-refractivity contribution < 1.29 is 89.4 Å². The zero-order chi connectivity index (χ0) is 66.8. The highest BCUT2D eigenvalue weighted by Crippen LogP contribution is 2.33. The second-order valence-electron chi connectivity index (χ2n) is 26.0. The molecule has 0 aromatic carbocycles. The van der Waals surface area contributed by atoms with Crippen molar-refractivity contribution in [2.24, 2.45) is 0 Å². The van der Waals surface area contributed by atoms with Crippen LogP contribution in [0.1, 0.15) is 264 Å². The first-order valence-corrected chi connectivity index (χ1v) is 36.5. The molecule has 536 valence electrons. The molecule has 92 heavy (non-hydrogen) atoms. The van der Waals surface area contributed by atoms with Gasteiger partial charge < -0.3 is 89.9 Å². The third kappa shape index (κ3) is 35.7. The second kappa shape index (κ2) is 54.5. The van der Waals surface area contributed by atoms with Gasteiger partial charge in [-0.3, -0.25) is 4.79 Å². The molecule has 19 heteroatoms. The molecule has 17 atom stereocenters. The van der Waals surface area contributed by atoms with Crippen molar-refractivity contribution in [3.05, 3.63) is 60.8 Å². The summed E-state index contributed by atoms with van der Waals surface area (Å²) >= 11 is 0. The topological polar surface area (TPSA) is 307 Å². The van der Waals surface area contributed by atoms with Gasteiger partial charge in [0.05, 0.1) is 38.6 Å². The molecule has 0 aliphatic carbocycles. The molecule has 0 bridgehead atoms. The normalized spacial score (nSPS) is 28.0. The van der Waals surface area contributed by atoms with E-state index in [1.54, 1.807) is 0 Å². The van der Waals surface area contributed by atoms with E-state index >= 15 is 0 Å². The Bertz CT molecular complexity index is 1900. The van der Waals surface area contributed by atoms with Crippen LogP contribution in [0.5, 0.6) is 0 Å². The van der Waals surface area contributed by atoms with Crippen molar-refractivity contribution >= 4 is 5.91 Å². The van der Waals surface area contributed by atoms with Crippen molar-refractivity contribution in [1.82, 2.24) is 5.32 Å². The maximum Gasteiger partial charge on any atom is 0.220 e. The number of hydrogen-bond donors (Lipinski definition) is 12. The minimum absolute atomic E-state index is 0.246. The standard InChI is InChI=1S/C73H131NO18/c1-3-5-7-9-11-13-15-17-19-21-23-25-26-27-28-29-30-31-33-35-37-39-41-43-45-47-49-51-61(79)74-56(57(78)50-48-46-44-42-40-38-36-34-32-24-22-20-18-16-14-12-10-8-6-4-2)55-87-71-67(85)64(82)69(59(53-76)89-71)92-73-68(86)65(83)70(60(54-77)90-73)91-72-66(84)63(81)62(80)58(52-75)88-72/h5,7,11,13,17,19,23,25,27-28,56-60,62-73,75-78,80-86H,3-4,6,8-10,12,14-16,18,20-22,24,26,29-55H2,1-2H3,(H,74,79)/b7-5-,13-11-,19-17-,25-23-,28-27-. The summed E-state index contributed by atoms with van der Waals surface area (Å²) in [6.45, 7) is 1.71. The minimum Gasteiger partial charge on any atom is -0.394 e. The lowest BCUT2D eigenvalue weighted by Crippen LogP contribution is -2.66. The Balaban J connectivity index is 1.41. The highest BCUT2D eigenvalue weighted by molar-refractivity contribution is 5.76. The number of aliphatic hydroxyl groups excluding tert-OH is 11. The number of rotatable bonds is 56. The van der Waals surface area contributed by atoms with Crippen LogP contribution in [0.25, 0.3) is 0 Å². The molecule has 17 unspecified atom stereocenters. The Morgan fingerprint density at radius 2 is 0.750 bits per heavy atom. The number of carbonyl (C=O) groups excluding carboxylic acids is 1. The SMILES string of the molecule is CC/C=C\C/C=C\C/C=C\C/C=C\C/C=C\CCCCCCCCCCCCCC(=O)NC(COC1OC(CO)C(OC2OC(CO)C(OC3OC(CO)C(O)C(O)C3O)C(O)C2O)C(O)C1O)C(O)CCCCCCCCCCCCCCCCCCCCCC. The predicted octanol–water partition coefficient (Wildman–Crippen LogP) is 10.3. The number of amides is 1. The maximum absolute atomic E-state index is 13.5. The van der Waals surface area contributed by atoms with E-state index in [1.807, 2.05) is 0 Å². The van der Waals surface area contributed by atoms with Gasteiger partial charge in [-0.2, -0.15) is 0 Å². The van der Waals surface area contributed by atoms with Gasteiger partial charge in [0.25, 0.3) is 0 Å². The predicted molar refractivity (Wildman–Crippen MR) is 360 cm³/mol. The number of ether oxygens (including phenoxy) is 6. The molecule has 3 heterocycles. The highest BCUT2D eigenvalue weighted by atomic mass is 16.8. The van der Waals surface area contributed by atoms with E-state index in [-0.39, 0.29) is 18.9 Å². The van der Waals surface area contributed by atoms with Crippen LogP contribution < -0.4 is 5.32 Å². The van der Waals surface area contributed by atoms with Crippen molar-refractivity contribution in [1.29, 1.82) is 0 Å². The molecule has 3 aliphatic rings. The summed E-state index contributed by atoms with van der Waals surface area (Å²) in [4.78, 5) is 13.5. The van der Waals surface area contributed by atoms with E-state index in [2.05, 4.69) is 79.9 Å². The number of nitrogens with one attached hydrogen (secondary N) is 1. The number of unbranched alkanes of at least 4 members (excludes halogenated alkanes) is 30. The van der Waals surface area contributed by atoms with Crippen LogP contribution in [0.3, 0.4) is 0 Å². The van der Waals surface area contributed by atoms with Gasteiger partial charge in [0, 0.05) is 6.42 Å². The third-order valence-electron chi connectivity index (χ3n) is 18.1. The zero-order valence-electron chi connectivity index (χ0n) is 56.8. The molecule has 3 aliphatic heterocycles. The zero-order valence-corrected chi connectivity index (χ0v) is 56.8. The van der Waals surface area contributed by atoms with Gasteiger partial charge in [-0.1, -0.05) is 261 Å². The van der Waals surface area contributed by atoms with E-state index in [0.717, 1.165) is 83.5 Å². The van der Waals surface area contributed by atoms with Crippen LogP contribution >= 0.6 is 0 Å². The van der Waals surface area contributed by atoms with Gasteiger partial charge in [0.15, 0.2) is 18.9 Å². The van der Waals surface area contributed by atoms with E-state index in [0.29, 0.717) is 12.8 Å². The average Bonchev–Trinajstić information content (AvgIpc) is 0.854. The Labute approximate surface area is 554 Å². The fourth-order valence-electron chi connectivity index (χ4n) is 12.2. The van der Waals surface area contributed by atoms with Gasteiger partial charge in [0.2, 0.25) is 5.91 Å². The molecular formula is C73H131NO18. The van der Waals surface area contributed by atoms with Crippen LogP contribution in [-0.2, 0) is 33.2 Å². The molecule has 0 aromatic heterocycles. The molecule has 3 rings (SSSR count). The van der Waals surface area contributed by atoms with Gasteiger partial charge in [-0.05, 0) is 57.8 Å². The third-order valence-corrected chi connectivity index (χ3v) is 18.1. The number of hydrogen-bond acceptors (Lipinski definition) is 18. The molecule has 12 N–H and O–H groups in total.